The molecule has 0 aliphatic carbocycles. The number of aryl methyl sites for hydroxylation is 1. The minimum atomic E-state index is -0.598. The van der Waals surface area contributed by atoms with E-state index in [1.165, 1.54) is 14.2 Å². The number of nitrogens with zero attached hydrogens (tertiary/aromatic N) is 1. The molecule has 1 aliphatic heterocycles. The molecule has 0 saturated heterocycles. The monoisotopic (exact) mass is 305 g/mol. The average Bonchev–Trinajstić information content (AvgIpc) is 2.59. The first-order chi connectivity index (χ1) is 10.6. The molecule has 0 N–H and O–H groups in total. The number of benzene rings is 1. The summed E-state index contributed by atoms with van der Waals surface area (Å²) in [6.45, 7) is 2.20. The van der Waals surface area contributed by atoms with Crippen molar-refractivity contribution in [2.75, 3.05) is 32.5 Å². The number of para-hydroxylation sites is 1. The number of esters is 2. The zero-order chi connectivity index (χ0) is 16.1. The number of anilines is 1. The predicted molar refractivity (Wildman–Crippen MR) is 80.2 cm³/mol. The molecule has 0 bridgehead atoms. The second kappa shape index (κ2) is 7.09. The normalized spacial score (nSPS) is 14.8. The van der Waals surface area contributed by atoms with Crippen LogP contribution in [0.1, 0.15) is 12.5 Å². The number of methoxy groups -OCH3 is 2. The molecule has 1 heterocycles. The molecule has 0 atom stereocenters. The van der Waals surface area contributed by atoms with Crippen LogP contribution in [0.4, 0.5) is 5.69 Å². The lowest BCUT2D eigenvalue weighted by atomic mass is 10.1. The van der Waals surface area contributed by atoms with Crippen molar-refractivity contribution < 1.29 is 23.8 Å². The van der Waals surface area contributed by atoms with E-state index in [0.717, 1.165) is 17.7 Å². The molecule has 1 aliphatic rings. The minimum absolute atomic E-state index is 0.0158. The van der Waals surface area contributed by atoms with E-state index in [1.807, 2.05) is 31.2 Å². The van der Waals surface area contributed by atoms with Gasteiger partial charge in [-0.1, -0.05) is 25.1 Å². The maximum atomic E-state index is 12.2. The van der Waals surface area contributed by atoms with Crippen molar-refractivity contribution >= 4 is 17.6 Å². The fourth-order valence-electron chi connectivity index (χ4n) is 2.41. The number of carbonyl (C=O) groups excluding carboxylic acids is 2. The second-order valence-corrected chi connectivity index (χ2v) is 4.70. The van der Waals surface area contributed by atoms with Crippen LogP contribution in [0.2, 0.25) is 0 Å². The van der Waals surface area contributed by atoms with Crippen molar-refractivity contribution in [3.63, 3.8) is 0 Å². The van der Waals surface area contributed by atoms with Gasteiger partial charge in [0.1, 0.15) is 12.4 Å². The van der Waals surface area contributed by atoms with Crippen LogP contribution in [0.15, 0.2) is 35.5 Å². The van der Waals surface area contributed by atoms with Crippen molar-refractivity contribution in [3.8, 4) is 0 Å². The highest BCUT2D eigenvalue weighted by molar-refractivity contribution is 6.03. The first-order valence-corrected chi connectivity index (χ1v) is 6.97. The van der Waals surface area contributed by atoms with Crippen molar-refractivity contribution in [1.29, 1.82) is 0 Å². The lowest BCUT2D eigenvalue weighted by molar-refractivity contribution is -0.140. The van der Waals surface area contributed by atoms with Gasteiger partial charge in [0.05, 0.1) is 26.4 Å². The summed E-state index contributed by atoms with van der Waals surface area (Å²) in [5.41, 5.74) is 2.18. The van der Waals surface area contributed by atoms with E-state index in [0.29, 0.717) is 0 Å². The van der Waals surface area contributed by atoms with E-state index >= 15 is 0 Å². The van der Waals surface area contributed by atoms with Crippen molar-refractivity contribution in [3.05, 3.63) is 41.1 Å². The van der Waals surface area contributed by atoms with Gasteiger partial charge in [-0.3, -0.25) is 0 Å². The molecule has 6 nitrogen and oxygen atoms in total. The van der Waals surface area contributed by atoms with E-state index in [2.05, 4.69) is 0 Å². The Balaban J connectivity index is 2.57. The Hall–Kier alpha value is -2.34. The molecular formula is C16H19NO5. The summed E-state index contributed by atoms with van der Waals surface area (Å²) in [6, 6.07) is 7.65. The van der Waals surface area contributed by atoms with Crippen LogP contribution in [0.25, 0.3) is 0 Å². The molecule has 0 unspecified atom stereocenters. The molecule has 1 aromatic rings. The van der Waals surface area contributed by atoms with Gasteiger partial charge in [-0.25, -0.2) is 9.59 Å². The second-order valence-electron chi connectivity index (χ2n) is 4.70. The third-order valence-electron chi connectivity index (χ3n) is 3.50. The van der Waals surface area contributed by atoms with E-state index < -0.39 is 11.9 Å². The first kappa shape index (κ1) is 16.0. The van der Waals surface area contributed by atoms with Gasteiger partial charge in [-0.15, -0.1) is 0 Å². The van der Waals surface area contributed by atoms with Crippen molar-refractivity contribution in [1.82, 2.24) is 0 Å². The summed E-state index contributed by atoms with van der Waals surface area (Å²) >= 11 is 0. The van der Waals surface area contributed by atoms with E-state index in [1.54, 1.807) is 4.90 Å². The maximum Gasteiger partial charge on any atom is 0.355 e. The Morgan fingerprint density at radius 3 is 2.50 bits per heavy atom. The molecule has 0 aromatic heterocycles. The van der Waals surface area contributed by atoms with Gasteiger partial charge in [0, 0.05) is 5.69 Å². The zero-order valence-electron chi connectivity index (χ0n) is 12.9. The van der Waals surface area contributed by atoms with Crippen LogP contribution in [0.5, 0.6) is 0 Å². The predicted octanol–water partition coefficient (Wildman–Crippen LogP) is 1.64. The van der Waals surface area contributed by atoms with Gasteiger partial charge in [-0.05, 0) is 18.1 Å². The molecule has 0 saturated carbocycles. The number of ether oxygens (including phenoxy) is 3. The third-order valence-corrected chi connectivity index (χ3v) is 3.50. The van der Waals surface area contributed by atoms with Crippen LogP contribution >= 0.6 is 0 Å². The Labute approximate surface area is 129 Å². The SMILES string of the molecule is CCc1ccccc1N1COCC(C(=O)OC)=C1C(=O)OC. The van der Waals surface area contributed by atoms with Gasteiger partial charge in [0.25, 0.3) is 0 Å². The Bertz CT molecular complexity index is 608. The molecular weight excluding hydrogens is 286 g/mol. The molecule has 0 spiro atoms. The van der Waals surface area contributed by atoms with E-state index in [4.69, 9.17) is 14.2 Å². The van der Waals surface area contributed by atoms with Gasteiger partial charge in [0.2, 0.25) is 0 Å². The fraction of sp³-hybridized carbons (Fsp3) is 0.375. The average molecular weight is 305 g/mol. The molecule has 1 aromatic carbocycles. The van der Waals surface area contributed by atoms with Gasteiger partial charge in [-0.2, -0.15) is 0 Å². The third kappa shape index (κ3) is 2.96. The molecule has 0 radical (unpaired) electrons. The number of carbonyl (C=O) groups is 2. The zero-order valence-corrected chi connectivity index (χ0v) is 12.9. The summed E-state index contributed by atoms with van der Waals surface area (Å²) in [6.07, 6.45) is 0.786. The topological polar surface area (TPSA) is 65.1 Å². The minimum Gasteiger partial charge on any atom is -0.466 e. The maximum absolute atomic E-state index is 12.2. The summed E-state index contributed by atoms with van der Waals surface area (Å²) < 4.78 is 15.0. The van der Waals surface area contributed by atoms with E-state index in [9.17, 15) is 9.59 Å². The van der Waals surface area contributed by atoms with Crippen LogP contribution < -0.4 is 4.90 Å². The quantitative estimate of drug-likeness (QED) is 0.788. The molecule has 22 heavy (non-hydrogen) atoms. The van der Waals surface area contributed by atoms with Gasteiger partial charge in [0.15, 0.2) is 0 Å². The van der Waals surface area contributed by atoms with Crippen molar-refractivity contribution in [2.45, 2.75) is 13.3 Å². The molecule has 0 fully saturated rings. The smallest absolute Gasteiger partial charge is 0.355 e. The molecule has 6 heteroatoms. The highest BCUT2D eigenvalue weighted by atomic mass is 16.5. The van der Waals surface area contributed by atoms with Crippen LogP contribution in [-0.2, 0) is 30.2 Å². The number of rotatable bonds is 4. The van der Waals surface area contributed by atoms with Crippen LogP contribution in [-0.4, -0.2) is 39.5 Å². The van der Waals surface area contributed by atoms with Crippen LogP contribution in [0, 0.1) is 0 Å². The lowest BCUT2D eigenvalue weighted by Crippen LogP contribution is -2.39. The Morgan fingerprint density at radius 2 is 1.86 bits per heavy atom. The number of hydrogen-bond donors (Lipinski definition) is 0. The van der Waals surface area contributed by atoms with Crippen LogP contribution in [0.3, 0.4) is 0 Å². The highest BCUT2D eigenvalue weighted by Gasteiger charge is 2.32. The molecule has 0 amide bonds. The van der Waals surface area contributed by atoms with Gasteiger partial charge < -0.3 is 19.1 Å². The largest absolute Gasteiger partial charge is 0.466 e. The Morgan fingerprint density at radius 1 is 1.18 bits per heavy atom. The highest BCUT2D eigenvalue weighted by Crippen LogP contribution is 2.29. The number of hydrogen-bond acceptors (Lipinski definition) is 6. The molecule has 118 valence electrons. The van der Waals surface area contributed by atoms with Crippen molar-refractivity contribution in [2.24, 2.45) is 0 Å². The summed E-state index contributed by atoms with van der Waals surface area (Å²) in [7, 11) is 2.55. The standard InChI is InChI=1S/C16H19NO5/c1-4-11-7-5-6-8-13(11)17-10-22-9-12(15(18)20-2)14(17)16(19)21-3/h5-8H,4,9-10H2,1-3H3. The first-order valence-electron chi connectivity index (χ1n) is 6.97. The Kier molecular flexibility index (Phi) is 5.16. The summed E-state index contributed by atoms with van der Waals surface area (Å²) in [4.78, 5) is 25.8. The molecule has 2 rings (SSSR count). The van der Waals surface area contributed by atoms with E-state index in [-0.39, 0.29) is 24.6 Å². The lowest BCUT2D eigenvalue weighted by Gasteiger charge is -2.32. The van der Waals surface area contributed by atoms with Gasteiger partial charge >= 0.3 is 11.9 Å². The fourth-order valence-corrected chi connectivity index (χ4v) is 2.41. The summed E-state index contributed by atoms with van der Waals surface area (Å²) in [5.74, 6) is -1.19. The summed E-state index contributed by atoms with van der Waals surface area (Å²) in [5, 5.41) is 0.